The number of carbonyl (C=O) groups excluding carboxylic acids is 2. The maximum atomic E-state index is 12.7. The van der Waals surface area contributed by atoms with Gasteiger partial charge in [0, 0.05) is 32.0 Å². The second-order valence-electron chi connectivity index (χ2n) is 7.64. The number of carbonyl (C=O) groups is 2. The van der Waals surface area contributed by atoms with E-state index in [0.29, 0.717) is 11.1 Å². The van der Waals surface area contributed by atoms with E-state index in [-0.39, 0.29) is 31.3 Å². The van der Waals surface area contributed by atoms with Gasteiger partial charge < -0.3 is 23.1 Å². The van der Waals surface area contributed by atoms with E-state index in [4.69, 9.17) is 18.9 Å². The van der Waals surface area contributed by atoms with Gasteiger partial charge in [-0.05, 0) is 24.6 Å². The Kier molecular flexibility index (Phi) is 8.07. The van der Waals surface area contributed by atoms with Crippen LogP contribution in [0.25, 0.3) is 0 Å². The first kappa shape index (κ1) is 26.1. The Bertz CT molecular complexity index is 1250. The van der Waals surface area contributed by atoms with Gasteiger partial charge in [-0.25, -0.2) is 4.79 Å². The van der Waals surface area contributed by atoms with Gasteiger partial charge in [0.1, 0.15) is 37.4 Å². The van der Waals surface area contributed by atoms with Crippen LogP contribution in [0.3, 0.4) is 0 Å². The fourth-order valence-electron chi connectivity index (χ4n) is 3.37. The fourth-order valence-corrected chi connectivity index (χ4v) is 3.71. The molecule has 1 aliphatic rings. The number of nitrogens with zero attached hydrogens (tertiary/aromatic N) is 2. The molecule has 2 heterocycles. The first-order chi connectivity index (χ1) is 16.4. The largest absolute Gasteiger partial charge is 0.488 e. The molecule has 1 aliphatic heterocycles. The van der Waals surface area contributed by atoms with Crippen molar-refractivity contribution in [2.45, 2.75) is 52.2 Å². The topological polar surface area (TPSA) is 149 Å². The highest BCUT2D eigenvalue weighted by Crippen LogP contribution is 2.31. The number of esters is 2. The first-order valence-corrected chi connectivity index (χ1v) is 11.6. The summed E-state index contributed by atoms with van der Waals surface area (Å²) >= 11 is 0. The summed E-state index contributed by atoms with van der Waals surface area (Å²) in [6.45, 7) is 3.98. The zero-order chi connectivity index (χ0) is 25.8. The van der Waals surface area contributed by atoms with Crippen molar-refractivity contribution >= 4 is 22.4 Å². The highest BCUT2D eigenvalue weighted by molar-refractivity contribution is 7.81. The van der Waals surface area contributed by atoms with Crippen molar-refractivity contribution in [2.24, 2.45) is 0 Å². The van der Waals surface area contributed by atoms with E-state index in [1.54, 1.807) is 6.92 Å². The standard InChI is InChI=1S/C21H23FN2O10S/c1-12-9-24(19-8-17(32-14(3)26)18(33-19)11-30-13(2)25)21(27)23-20(12)31-10-15-4-6-16(7-5-15)34-35(22,28)29/h4-7,9,17-19H,8,10-11H2,1-3H3/t17?,18-,19-/m1/s1. The Balaban J connectivity index is 1.69. The molecule has 1 unspecified atom stereocenters. The molecule has 1 aromatic carbocycles. The summed E-state index contributed by atoms with van der Waals surface area (Å²) in [7, 11) is -5.12. The zero-order valence-corrected chi connectivity index (χ0v) is 19.8. The van der Waals surface area contributed by atoms with E-state index >= 15 is 0 Å². The molecule has 0 saturated carbocycles. The Morgan fingerprint density at radius 2 is 1.89 bits per heavy atom. The molecule has 0 bridgehead atoms. The van der Waals surface area contributed by atoms with Gasteiger partial charge in [-0.1, -0.05) is 16.0 Å². The Labute approximate surface area is 199 Å². The van der Waals surface area contributed by atoms with Crippen LogP contribution in [0.15, 0.2) is 35.3 Å². The second-order valence-corrected chi connectivity index (χ2v) is 8.60. The number of ether oxygens (including phenoxy) is 4. The van der Waals surface area contributed by atoms with Gasteiger partial charge in [-0.15, -0.1) is 0 Å². The highest BCUT2D eigenvalue weighted by atomic mass is 32.3. The van der Waals surface area contributed by atoms with Crippen LogP contribution < -0.4 is 14.6 Å². The summed E-state index contributed by atoms with van der Waals surface area (Å²) in [5.41, 5.74) is 0.405. The average Bonchev–Trinajstić information content (AvgIpc) is 3.14. The minimum atomic E-state index is -5.12. The molecule has 14 heteroatoms. The summed E-state index contributed by atoms with van der Waals surface area (Å²) in [6.07, 6.45) is -0.658. The predicted octanol–water partition coefficient (Wildman–Crippen LogP) is 1.51. The lowest BCUT2D eigenvalue weighted by Gasteiger charge is -2.18. The minimum Gasteiger partial charge on any atom is -0.472 e. The average molecular weight is 514 g/mol. The van der Waals surface area contributed by atoms with Crippen LogP contribution in [0.4, 0.5) is 3.89 Å². The number of rotatable bonds is 9. The molecule has 190 valence electrons. The van der Waals surface area contributed by atoms with Crippen LogP contribution in [-0.2, 0) is 40.9 Å². The molecule has 0 N–H and O–H groups in total. The molecule has 0 radical (unpaired) electrons. The number of aryl methyl sites for hydroxylation is 1. The zero-order valence-electron chi connectivity index (χ0n) is 19.0. The Morgan fingerprint density at radius 1 is 1.20 bits per heavy atom. The molecule has 12 nitrogen and oxygen atoms in total. The van der Waals surface area contributed by atoms with Crippen molar-refractivity contribution in [1.82, 2.24) is 9.55 Å². The predicted molar refractivity (Wildman–Crippen MR) is 115 cm³/mol. The maximum Gasteiger partial charge on any atom is 0.488 e. The van der Waals surface area contributed by atoms with Crippen LogP contribution in [0.1, 0.15) is 37.6 Å². The second kappa shape index (κ2) is 10.8. The highest BCUT2D eigenvalue weighted by Gasteiger charge is 2.39. The molecule has 3 atom stereocenters. The van der Waals surface area contributed by atoms with Crippen molar-refractivity contribution in [3.63, 3.8) is 0 Å². The smallest absolute Gasteiger partial charge is 0.472 e. The molecular formula is C21H23FN2O10S. The maximum absolute atomic E-state index is 12.7. The molecule has 3 rings (SSSR count). The molecule has 1 saturated heterocycles. The lowest BCUT2D eigenvalue weighted by Crippen LogP contribution is -2.31. The molecule has 0 amide bonds. The van der Waals surface area contributed by atoms with Gasteiger partial charge in [-0.3, -0.25) is 14.2 Å². The van der Waals surface area contributed by atoms with Crippen molar-refractivity contribution in [3.05, 3.63) is 52.1 Å². The Hall–Kier alpha value is -3.52. The number of hydrogen-bond donors (Lipinski definition) is 0. The number of halogens is 1. The van der Waals surface area contributed by atoms with Crippen molar-refractivity contribution < 1.29 is 45.0 Å². The van der Waals surface area contributed by atoms with Crippen LogP contribution in [0.2, 0.25) is 0 Å². The third-order valence-electron chi connectivity index (χ3n) is 4.84. The van der Waals surface area contributed by atoms with E-state index in [2.05, 4.69) is 9.17 Å². The molecule has 0 aliphatic carbocycles. The lowest BCUT2D eigenvalue weighted by molar-refractivity contribution is -0.155. The molecule has 1 aromatic heterocycles. The monoisotopic (exact) mass is 514 g/mol. The van der Waals surface area contributed by atoms with Gasteiger partial charge in [-0.2, -0.15) is 13.4 Å². The molecule has 35 heavy (non-hydrogen) atoms. The van der Waals surface area contributed by atoms with E-state index < -0.39 is 46.6 Å². The summed E-state index contributed by atoms with van der Waals surface area (Å²) in [4.78, 5) is 39.2. The van der Waals surface area contributed by atoms with Crippen molar-refractivity contribution in [2.75, 3.05) is 6.61 Å². The van der Waals surface area contributed by atoms with Gasteiger partial charge in [0.15, 0.2) is 0 Å². The fraction of sp³-hybridized carbons (Fsp3) is 0.429. The van der Waals surface area contributed by atoms with Gasteiger partial charge >= 0.3 is 28.1 Å². The first-order valence-electron chi connectivity index (χ1n) is 10.3. The number of hydrogen-bond acceptors (Lipinski definition) is 11. The minimum absolute atomic E-state index is 0.0150. The Morgan fingerprint density at radius 3 is 2.49 bits per heavy atom. The normalized spacial score (nSPS) is 19.7. The third kappa shape index (κ3) is 7.48. The quantitative estimate of drug-likeness (QED) is 0.354. The van der Waals surface area contributed by atoms with Crippen LogP contribution in [-0.4, -0.2) is 48.7 Å². The molecule has 2 aromatic rings. The van der Waals surface area contributed by atoms with E-state index in [9.17, 15) is 26.7 Å². The number of aromatic nitrogens is 2. The van der Waals surface area contributed by atoms with Crippen molar-refractivity contribution in [3.8, 4) is 11.6 Å². The van der Waals surface area contributed by atoms with E-state index in [1.807, 2.05) is 0 Å². The van der Waals surface area contributed by atoms with Crippen LogP contribution in [0.5, 0.6) is 11.6 Å². The van der Waals surface area contributed by atoms with Gasteiger partial charge in [0.2, 0.25) is 5.88 Å². The summed E-state index contributed by atoms with van der Waals surface area (Å²) in [5, 5.41) is 0. The molecule has 0 spiro atoms. The van der Waals surface area contributed by atoms with E-state index in [1.165, 1.54) is 48.9 Å². The number of benzene rings is 1. The SMILES string of the molecule is CC(=O)OC[C@H]1O[C@@H](n2cc(C)c(OCc3ccc(OS(=O)(=O)F)cc3)nc2=O)CC1OC(C)=O. The molecule has 1 fully saturated rings. The molecular weight excluding hydrogens is 491 g/mol. The van der Waals surface area contributed by atoms with Crippen LogP contribution in [0, 0.1) is 6.92 Å². The summed E-state index contributed by atoms with van der Waals surface area (Å²) < 4.78 is 60.6. The van der Waals surface area contributed by atoms with Gasteiger partial charge in [0.05, 0.1) is 0 Å². The van der Waals surface area contributed by atoms with Crippen LogP contribution >= 0.6 is 0 Å². The summed E-state index contributed by atoms with van der Waals surface area (Å²) in [5.74, 6) is -1.21. The van der Waals surface area contributed by atoms with Gasteiger partial charge in [0.25, 0.3) is 0 Å². The summed E-state index contributed by atoms with van der Waals surface area (Å²) in [6, 6.07) is 5.41. The van der Waals surface area contributed by atoms with E-state index in [0.717, 1.165) is 0 Å². The third-order valence-corrected chi connectivity index (χ3v) is 5.23. The lowest BCUT2D eigenvalue weighted by atomic mass is 10.2. The van der Waals surface area contributed by atoms with Crippen molar-refractivity contribution in [1.29, 1.82) is 0 Å².